The zero-order chi connectivity index (χ0) is 27.4. The van der Waals surface area contributed by atoms with Gasteiger partial charge in [0, 0.05) is 48.4 Å². The second-order valence-electron chi connectivity index (χ2n) is 10.4. The first-order valence-electron chi connectivity index (χ1n) is 12.5. The molecule has 38 heavy (non-hydrogen) atoms. The van der Waals surface area contributed by atoms with Crippen LogP contribution in [-0.4, -0.2) is 40.8 Å². The first-order valence-corrected chi connectivity index (χ1v) is 12.5. The second kappa shape index (κ2) is 10.8. The topological polar surface area (TPSA) is 87.2 Å². The summed E-state index contributed by atoms with van der Waals surface area (Å²) in [6.45, 7) is 8.41. The van der Waals surface area contributed by atoms with Crippen LogP contribution in [0.4, 0.5) is 17.3 Å². The summed E-state index contributed by atoms with van der Waals surface area (Å²) in [6, 6.07) is 22.5. The van der Waals surface area contributed by atoms with E-state index in [1.165, 1.54) is 10.5 Å². The van der Waals surface area contributed by atoms with Crippen molar-refractivity contribution in [3.63, 3.8) is 0 Å². The van der Waals surface area contributed by atoms with Crippen LogP contribution in [0.25, 0.3) is 11.3 Å². The third-order valence-electron chi connectivity index (χ3n) is 6.32. The summed E-state index contributed by atoms with van der Waals surface area (Å²) >= 11 is 0. The molecular formula is C31H33N5O2. The van der Waals surface area contributed by atoms with Crippen LogP contribution in [0.15, 0.2) is 79.0 Å². The lowest BCUT2D eigenvalue weighted by Gasteiger charge is -2.19. The SMILES string of the molecule is Cc1c(NC(=O)c2ccc(C(C)(C)C)cc2)cccc1-c1ccnc(Nc2ccc(C(=O)N(C)C)cc2)n1. The zero-order valence-corrected chi connectivity index (χ0v) is 22.7. The Morgan fingerprint density at radius 1 is 0.842 bits per heavy atom. The molecule has 0 fully saturated rings. The maximum atomic E-state index is 13.0. The fourth-order valence-electron chi connectivity index (χ4n) is 4.02. The van der Waals surface area contributed by atoms with E-state index >= 15 is 0 Å². The Bertz CT molecular complexity index is 1450. The van der Waals surface area contributed by atoms with Crippen molar-refractivity contribution >= 4 is 29.1 Å². The lowest BCUT2D eigenvalue weighted by atomic mass is 9.86. The van der Waals surface area contributed by atoms with E-state index in [-0.39, 0.29) is 17.2 Å². The Hall–Kier alpha value is -4.52. The smallest absolute Gasteiger partial charge is 0.255 e. The minimum Gasteiger partial charge on any atom is -0.345 e. The number of hydrogen-bond acceptors (Lipinski definition) is 5. The summed E-state index contributed by atoms with van der Waals surface area (Å²) in [5.41, 5.74) is 6.44. The molecule has 194 valence electrons. The molecule has 4 aromatic rings. The third-order valence-corrected chi connectivity index (χ3v) is 6.32. The molecule has 4 rings (SSSR count). The number of carbonyl (C=O) groups is 2. The van der Waals surface area contributed by atoms with Crippen molar-refractivity contribution in [3.05, 3.63) is 101 Å². The van der Waals surface area contributed by atoms with E-state index in [0.717, 1.165) is 28.2 Å². The van der Waals surface area contributed by atoms with Crippen molar-refractivity contribution in [1.82, 2.24) is 14.9 Å². The van der Waals surface area contributed by atoms with Crippen LogP contribution in [0.1, 0.15) is 52.6 Å². The van der Waals surface area contributed by atoms with Crippen LogP contribution < -0.4 is 10.6 Å². The van der Waals surface area contributed by atoms with Crippen LogP contribution in [0.3, 0.4) is 0 Å². The zero-order valence-electron chi connectivity index (χ0n) is 22.7. The standard InChI is InChI=1S/C31H33N5O2/c1-20-25(8-7-9-26(20)34-28(37)21-10-14-23(15-11-21)31(2,3)4)27-18-19-32-30(35-27)33-24-16-12-22(13-17-24)29(38)36(5)6/h7-19H,1-6H3,(H,34,37)(H,32,33,35). The van der Waals surface area contributed by atoms with Crippen LogP contribution in [0.2, 0.25) is 0 Å². The summed E-state index contributed by atoms with van der Waals surface area (Å²) < 4.78 is 0. The highest BCUT2D eigenvalue weighted by Crippen LogP contribution is 2.29. The van der Waals surface area contributed by atoms with Crippen LogP contribution >= 0.6 is 0 Å². The molecule has 7 heteroatoms. The number of benzene rings is 3. The van der Waals surface area contributed by atoms with Gasteiger partial charge in [-0.2, -0.15) is 0 Å². The van der Waals surface area contributed by atoms with Gasteiger partial charge < -0.3 is 15.5 Å². The van der Waals surface area contributed by atoms with Gasteiger partial charge in [0.2, 0.25) is 5.95 Å². The maximum Gasteiger partial charge on any atom is 0.255 e. The molecule has 0 aliphatic rings. The van der Waals surface area contributed by atoms with E-state index in [1.807, 2.05) is 67.6 Å². The fraction of sp³-hybridized carbons (Fsp3) is 0.226. The summed E-state index contributed by atoms with van der Waals surface area (Å²) in [7, 11) is 3.45. The number of nitrogens with zero attached hydrogens (tertiary/aromatic N) is 3. The molecule has 0 aliphatic carbocycles. The Balaban J connectivity index is 1.52. The maximum absolute atomic E-state index is 13.0. The predicted molar refractivity (Wildman–Crippen MR) is 153 cm³/mol. The molecule has 0 unspecified atom stereocenters. The van der Waals surface area contributed by atoms with Crippen molar-refractivity contribution in [2.45, 2.75) is 33.1 Å². The normalized spacial score (nSPS) is 11.1. The molecule has 2 N–H and O–H groups in total. The monoisotopic (exact) mass is 507 g/mol. The molecule has 0 bridgehead atoms. The van der Waals surface area contributed by atoms with Crippen LogP contribution in [0.5, 0.6) is 0 Å². The minimum atomic E-state index is -0.160. The highest BCUT2D eigenvalue weighted by Gasteiger charge is 2.16. The number of rotatable bonds is 6. The van der Waals surface area contributed by atoms with Crippen molar-refractivity contribution in [3.8, 4) is 11.3 Å². The average molecular weight is 508 g/mol. The van der Waals surface area contributed by atoms with Gasteiger partial charge in [0.15, 0.2) is 0 Å². The molecule has 0 radical (unpaired) electrons. The number of hydrogen-bond donors (Lipinski definition) is 2. The Morgan fingerprint density at radius 2 is 1.50 bits per heavy atom. The first-order chi connectivity index (χ1) is 18.0. The number of anilines is 3. The average Bonchev–Trinajstić information content (AvgIpc) is 2.89. The molecule has 0 saturated carbocycles. The Labute approximate surface area is 224 Å². The van der Waals surface area contributed by atoms with Gasteiger partial charge in [-0.1, -0.05) is 45.0 Å². The number of carbonyl (C=O) groups excluding carboxylic acids is 2. The van der Waals surface area contributed by atoms with Crippen molar-refractivity contribution in [1.29, 1.82) is 0 Å². The lowest BCUT2D eigenvalue weighted by Crippen LogP contribution is -2.21. The van der Waals surface area contributed by atoms with Gasteiger partial charge in [0.1, 0.15) is 0 Å². The third kappa shape index (κ3) is 6.06. The van der Waals surface area contributed by atoms with Gasteiger partial charge in [-0.15, -0.1) is 0 Å². The molecule has 7 nitrogen and oxygen atoms in total. The minimum absolute atomic E-state index is 0.0275. The lowest BCUT2D eigenvalue weighted by molar-refractivity contribution is 0.0827. The first kappa shape index (κ1) is 26.5. The van der Waals surface area contributed by atoms with Gasteiger partial charge in [-0.3, -0.25) is 9.59 Å². The fourth-order valence-corrected chi connectivity index (χ4v) is 4.02. The van der Waals surface area contributed by atoms with Crippen LogP contribution in [0, 0.1) is 6.92 Å². The van der Waals surface area contributed by atoms with Gasteiger partial charge in [0.05, 0.1) is 5.69 Å². The summed E-state index contributed by atoms with van der Waals surface area (Å²) in [5.74, 6) is 0.216. The van der Waals surface area contributed by atoms with Crippen molar-refractivity contribution in [2.75, 3.05) is 24.7 Å². The van der Waals surface area contributed by atoms with Crippen LogP contribution in [-0.2, 0) is 5.41 Å². The Kier molecular flexibility index (Phi) is 7.57. The predicted octanol–water partition coefficient (Wildman–Crippen LogP) is 6.45. The molecule has 0 atom stereocenters. The van der Waals surface area contributed by atoms with E-state index in [4.69, 9.17) is 0 Å². The molecule has 0 spiro atoms. The van der Waals surface area contributed by atoms with Gasteiger partial charge in [-0.25, -0.2) is 9.97 Å². The number of nitrogens with one attached hydrogen (secondary N) is 2. The van der Waals surface area contributed by atoms with E-state index in [2.05, 4.69) is 41.4 Å². The van der Waals surface area contributed by atoms with E-state index < -0.39 is 0 Å². The summed E-state index contributed by atoms with van der Waals surface area (Å²) in [6.07, 6.45) is 1.69. The van der Waals surface area contributed by atoms with Gasteiger partial charge in [0.25, 0.3) is 11.8 Å². The Morgan fingerprint density at radius 3 is 2.13 bits per heavy atom. The van der Waals surface area contributed by atoms with E-state index in [0.29, 0.717) is 17.1 Å². The summed E-state index contributed by atoms with van der Waals surface area (Å²) in [4.78, 5) is 35.7. The molecule has 0 saturated heterocycles. The second-order valence-corrected chi connectivity index (χ2v) is 10.4. The number of amides is 2. The van der Waals surface area contributed by atoms with Crippen molar-refractivity contribution in [2.24, 2.45) is 0 Å². The highest BCUT2D eigenvalue weighted by molar-refractivity contribution is 6.05. The van der Waals surface area contributed by atoms with Crippen molar-refractivity contribution < 1.29 is 9.59 Å². The highest BCUT2D eigenvalue weighted by atomic mass is 16.2. The van der Waals surface area contributed by atoms with E-state index in [1.54, 1.807) is 32.4 Å². The molecular weight excluding hydrogens is 474 g/mol. The van der Waals surface area contributed by atoms with E-state index in [9.17, 15) is 9.59 Å². The van der Waals surface area contributed by atoms with Gasteiger partial charge >= 0.3 is 0 Å². The van der Waals surface area contributed by atoms with Gasteiger partial charge in [-0.05, 0) is 72.0 Å². The quantitative estimate of drug-likeness (QED) is 0.313. The molecule has 0 aliphatic heterocycles. The summed E-state index contributed by atoms with van der Waals surface area (Å²) in [5, 5.41) is 6.24. The largest absolute Gasteiger partial charge is 0.345 e. The number of aromatic nitrogens is 2. The molecule has 3 aromatic carbocycles. The molecule has 1 heterocycles. The molecule has 2 amide bonds. The molecule has 1 aromatic heterocycles.